The molecule has 1 amide bonds. The number of hydrogen-bond donors (Lipinski definition) is 1. The second-order valence-electron chi connectivity index (χ2n) is 3.34. The van der Waals surface area contributed by atoms with Crippen LogP contribution in [0.4, 0.5) is 0 Å². The summed E-state index contributed by atoms with van der Waals surface area (Å²) in [5.41, 5.74) is 0.979. The Balaban J connectivity index is 2.24. The molecule has 5 heteroatoms. The molecule has 1 aliphatic rings. The molecule has 2 rings (SSSR count). The van der Waals surface area contributed by atoms with Gasteiger partial charge in [-0.15, -0.1) is 11.8 Å². The first-order chi connectivity index (χ1) is 7.08. The highest BCUT2D eigenvalue weighted by atomic mass is 35.5. The van der Waals surface area contributed by atoms with E-state index >= 15 is 0 Å². The maximum Gasteiger partial charge on any atom is 0.234 e. The molecular formula is C10H9Cl2NOS. The molecule has 0 saturated carbocycles. The zero-order valence-electron chi connectivity index (χ0n) is 7.96. The maximum absolute atomic E-state index is 11.3. The third kappa shape index (κ3) is 2.25. The first kappa shape index (κ1) is 11.1. The van der Waals surface area contributed by atoms with Crippen molar-refractivity contribution in [3.05, 3.63) is 33.8 Å². The number of rotatable bonds is 1. The molecule has 80 valence electrons. The lowest BCUT2D eigenvalue weighted by Crippen LogP contribution is -2.22. The molecule has 2 nitrogen and oxygen atoms in total. The molecule has 1 aliphatic heterocycles. The molecule has 0 aliphatic carbocycles. The van der Waals surface area contributed by atoms with E-state index in [1.165, 1.54) is 0 Å². The van der Waals surface area contributed by atoms with Gasteiger partial charge in [0, 0.05) is 0 Å². The Bertz CT molecular complexity index is 410. The third-order valence-corrected chi connectivity index (χ3v) is 4.25. The van der Waals surface area contributed by atoms with Crippen LogP contribution in [0.15, 0.2) is 18.2 Å². The van der Waals surface area contributed by atoms with E-state index in [0.717, 1.165) is 5.56 Å². The molecule has 0 unspecified atom stereocenters. The molecule has 1 aromatic rings. The Morgan fingerprint density at radius 1 is 1.33 bits per heavy atom. The lowest BCUT2D eigenvalue weighted by Gasteiger charge is -2.10. The lowest BCUT2D eigenvalue weighted by atomic mass is 10.2. The lowest BCUT2D eigenvalue weighted by molar-refractivity contribution is -0.119. The fourth-order valence-electron chi connectivity index (χ4n) is 1.38. The fraction of sp³-hybridized carbons (Fsp3) is 0.300. The van der Waals surface area contributed by atoms with Crippen LogP contribution in [0.1, 0.15) is 17.9 Å². The van der Waals surface area contributed by atoms with Crippen LogP contribution in [0.2, 0.25) is 10.0 Å². The molecule has 0 spiro atoms. The van der Waals surface area contributed by atoms with Crippen LogP contribution in [0, 0.1) is 0 Å². The summed E-state index contributed by atoms with van der Waals surface area (Å²) in [6, 6.07) is 5.42. The minimum atomic E-state index is -0.0118. The number of thioether (sulfide) groups is 1. The van der Waals surface area contributed by atoms with Gasteiger partial charge < -0.3 is 5.32 Å². The van der Waals surface area contributed by atoms with E-state index in [1.807, 2.05) is 13.0 Å². The first-order valence-corrected chi connectivity index (χ1v) is 6.18. The van der Waals surface area contributed by atoms with Gasteiger partial charge in [0.25, 0.3) is 0 Å². The highest BCUT2D eigenvalue weighted by Gasteiger charge is 2.30. The predicted molar refractivity (Wildman–Crippen MR) is 64.4 cm³/mol. The molecule has 15 heavy (non-hydrogen) atoms. The second-order valence-corrected chi connectivity index (χ2v) is 5.61. The van der Waals surface area contributed by atoms with Crippen LogP contribution in [-0.4, -0.2) is 11.2 Å². The van der Waals surface area contributed by atoms with Crippen molar-refractivity contribution in [1.29, 1.82) is 0 Å². The van der Waals surface area contributed by atoms with E-state index in [-0.39, 0.29) is 16.5 Å². The van der Waals surface area contributed by atoms with Gasteiger partial charge in [-0.3, -0.25) is 4.79 Å². The predicted octanol–water partition coefficient (Wildman–Crippen LogP) is 3.24. The molecule has 0 bridgehead atoms. The summed E-state index contributed by atoms with van der Waals surface area (Å²) >= 11 is 13.3. The summed E-state index contributed by atoms with van der Waals surface area (Å²) in [6.07, 6.45) is 0. The molecule has 1 saturated heterocycles. The number of benzene rings is 1. The van der Waals surface area contributed by atoms with Crippen LogP contribution >= 0.6 is 35.0 Å². The molecule has 1 heterocycles. The Kier molecular flexibility index (Phi) is 3.14. The molecule has 1 fully saturated rings. The van der Waals surface area contributed by atoms with Gasteiger partial charge in [0.1, 0.15) is 5.37 Å². The SMILES string of the molecule is C[C@H]1S[C@@H](c2ccc(Cl)c(Cl)c2)NC1=O. The normalized spacial score (nSPS) is 25.4. The smallest absolute Gasteiger partial charge is 0.234 e. The van der Waals surface area contributed by atoms with E-state index in [2.05, 4.69) is 5.32 Å². The third-order valence-electron chi connectivity index (χ3n) is 2.23. The van der Waals surface area contributed by atoms with Gasteiger partial charge in [-0.1, -0.05) is 29.3 Å². The minimum absolute atomic E-state index is 0.00977. The van der Waals surface area contributed by atoms with Gasteiger partial charge >= 0.3 is 0 Å². The highest BCUT2D eigenvalue weighted by molar-refractivity contribution is 8.01. The summed E-state index contributed by atoms with van der Waals surface area (Å²) in [4.78, 5) is 11.3. The standard InChI is InChI=1S/C10H9Cl2NOS/c1-5-9(14)13-10(15-5)6-2-3-7(11)8(12)4-6/h2-5,10H,1H3,(H,13,14)/t5-,10+/m1/s1. The molecule has 0 aromatic heterocycles. The summed E-state index contributed by atoms with van der Waals surface area (Å²) in [6.45, 7) is 1.89. The van der Waals surface area contributed by atoms with Crippen LogP contribution in [0.5, 0.6) is 0 Å². The average molecular weight is 262 g/mol. The monoisotopic (exact) mass is 261 g/mol. The van der Waals surface area contributed by atoms with Gasteiger partial charge in [-0.25, -0.2) is 0 Å². The van der Waals surface area contributed by atoms with Crippen molar-refractivity contribution in [2.45, 2.75) is 17.5 Å². The average Bonchev–Trinajstić information content (AvgIpc) is 2.52. The zero-order chi connectivity index (χ0) is 11.0. The van der Waals surface area contributed by atoms with Crippen molar-refractivity contribution in [2.75, 3.05) is 0 Å². The second kappa shape index (κ2) is 4.24. The Morgan fingerprint density at radius 3 is 2.60 bits per heavy atom. The van der Waals surface area contributed by atoms with Crippen LogP contribution in [0.3, 0.4) is 0 Å². The maximum atomic E-state index is 11.3. The van der Waals surface area contributed by atoms with Gasteiger partial charge in [-0.2, -0.15) is 0 Å². The molecular weight excluding hydrogens is 253 g/mol. The van der Waals surface area contributed by atoms with Crippen molar-refractivity contribution >= 4 is 40.9 Å². The number of hydrogen-bond acceptors (Lipinski definition) is 2. The van der Waals surface area contributed by atoms with Crippen molar-refractivity contribution in [2.24, 2.45) is 0 Å². The quantitative estimate of drug-likeness (QED) is 0.841. The van der Waals surface area contributed by atoms with E-state index < -0.39 is 0 Å². The van der Waals surface area contributed by atoms with E-state index in [0.29, 0.717) is 10.0 Å². The number of carbonyl (C=O) groups is 1. The number of nitrogens with one attached hydrogen (secondary N) is 1. The summed E-state index contributed by atoms with van der Waals surface area (Å²) in [5, 5.41) is 3.91. The topological polar surface area (TPSA) is 29.1 Å². The summed E-state index contributed by atoms with van der Waals surface area (Å²) in [5.74, 6) is 0.0658. The number of halogens is 2. The van der Waals surface area contributed by atoms with Gasteiger partial charge in [0.2, 0.25) is 5.91 Å². The van der Waals surface area contributed by atoms with Crippen molar-refractivity contribution in [3.8, 4) is 0 Å². The van der Waals surface area contributed by atoms with Crippen molar-refractivity contribution in [1.82, 2.24) is 5.32 Å². The first-order valence-electron chi connectivity index (χ1n) is 4.48. The van der Waals surface area contributed by atoms with Crippen molar-refractivity contribution < 1.29 is 4.79 Å². The molecule has 0 radical (unpaired) electrons. The van der Waals surface area contributed by atoms with Gasteiger partial charge in [0.15, 0.2) is 0 Å². The largest absolute Gasteiger partial charge is 0.339 e. The van der Waals surface area contributed by atoms with Crippen LogP contribution < -0.4 is 5.32 Å². The van der Waals surface area contributed by atoms with E-state index in [4.69, 9.17) is 23.2 Å². The Morgan fingerprint density at radius 2 is 2.07 bits per heavy atom. The molecule has 1 N–H and O–H groups in total. The summed E-state index contributed by atoms with van der Waals surface area (Å²) in [7, 11) is 0. The number of amides is 1. The zero-order valence-corrected chi connectivity index (χ0v) is 10.3. The van der Waals surface area contributed by atoms with Crippen LogP contribution in [0.25, 0.3) is 0 Å². The van der Waals surface area contributed by atoms with Gasteiger partial charge in [0.05, 0.1) is 15.3 Å². The van der Waals surface area contributed by atoms with E-state index in [1.54, 1.807) is 23.9 Å². The van der Waals surface area contributed by atoms with Gasteiger partial charge in [-0.05, 0) is 24.6 Å². The Labute approximate surface area is 102 Å². The fourth-order valence-corrected chi connectivity index (χ4v) is 2.78. The summed E-state index contributed by atoms with van der Waals surface area (Å²) < 4.78 is 0. The molecule has 2 atom stereocenters. The Hall–Kier alpha value is -0.380. The van der Waals surface area contributed by atoms with Crippen LogP contribution in [-0.2, 0) is 4.79 Å². The minimum Gasteiger partial charge on any atom is -0.339 e. The van der Waals surface area contributed by atoms with E-state index in [9.17, 15) is 4.79 Å². The van der Waals surface area contributed by atoms with Crippen molar-refractivity contribution in [3.63, 3.8) is 0 Å². The highest BCUT2D eigenvalue weighted by Crippen LogP contribution is 2.37. The molecule has 1 aromatic carbocycles. The number of carbonyl (C=O) groups excluding carboxylic acids is 1.